The number of carbonyl (C=O) groups excluding carboxylic acids is 1. The van der Waals surface area contributed by atoms with Crippen LogP contribution in [0.2, 0.25) is 5.02 Å². The zero-order valence-corrected chi connectivity index (χ0v) is 10.4. The van der Waals surface area contributed by atoms with E-state index < -0.39 is 0 Å². The van der Waals surface area contributed by atoms with Crippen LogP contribution in [0.1, 0.15) is 19.8 Å². The van der Waals surface area contributed by atoms with Crippen LogP contribution in [-0.4, -0.2) is 5.78 Å². The summed E-state index contributed by atoms with van der Waals surface area (Å²) in [5.74, 6) is 0.549. The summed E-state index contributed by atoms with van der Waals surface area (Å²) in [6.45, 7) is 2.07. The molecule has 0 unspecified atom stereocenters. The molecule has 90 valence electrons. The van der Waals surface area contributed by atoms with Crippen LogP contribution in [-0.2, 0) is 4.79 Å². The van der Waals surface area contributed by atoms with Crippen molar-refractivity contribution >= 4 is 28.8 Å². The van der Waals surface area contributed by atoms with Gasteiger partial charge in [-0.1, -0.05) is 18.5 Å². The average Bonchev–Trinajstić information content (AvgIpc) is 2.13. The van der Waals surface area contributed by atoms with Crippen molar-refractivity contribution in [2.75, 3.05) is 11.1 Å². The number of anilines is 2. The summed E-state index contributed by atoms with van der Waals surface area (Å²) < 4.78 is 0. The fourth-order valence-electron chi connectivity index (χ4n) is 2.06. The van der Waals surface area contributed by atoms with Gasteiger partial charge in [-0.05, 0) is 30.5 Å². The van der Waals surface area contributed by atoms with Crippen molar-refractivity contribution in [3.8, 4) is 0 Å². The second-order valence-electron chi connectivity index (χ2n) is 4.55. The first-order valence-corrected chi connectivity index (χ1v) is 5.97. The first-order valence-electron chi connectivity index (χ1n) is 5.59. The van der Waals surface area contributed by atoms with Crippen molar-refractivity contribution in [2.24, 2.45) is 5.92 Å². The van der Waals surface area contributed by atoms with E-state index >= 15 is 0 Å². The summed E-state index contributed by atoms with van der Waals surface area (Å²) in [7, 11) is 0. The summed E-state index contributed by atoms with van der Waals surface area (Å²) in [6, 6.07) is 5.29. The molecule has 0 fully saturated rings. The average molecular weight is 251 g/mol. The molecule has 1 aromatic rings. The van der Waals surface area contributed by atoms with Gasteiger partial charge >= 0.3 is 0 Å². The first-order chi connectivity index (χ1) is 8.02. The number of halogens is 1. The van der Waals surface area contributed by atoms with Crippen LogP contribution in [0.5, 0.6) is 0 Å². The van der Waals surface area contributed by atoms with Gasteiger partial charge in [0, 0.05) is 34.6 Å². The Labute approximate surface area is 106 Å². The van der Waals surface area contributed by atoms with Crippen molar-refractivity contribution in [2.45, 2.75) is 19.8 Å². The van der Waals surface area contributed by atoms with Gasteiger partial charge in [-0.2, -0.15) is 0 Å². The number of nitrogens with one attached hydrogen (secondary N) is 1. The van der Waals surface area contributed by atoms with E-state index in [9.17, 15) is 4.79 Å². The lowest BCUT2D eigenvalue weighted by molar-refractivity contribution is -0.115. The zero-order chi connectivity index (χ0) is 12.4. The quantitative estimate of drug-likeness (QED) is 0.793. The third-order valence-electron chi connectivity index (χ3n) is 2.68. The summed E-state index contributed by atoms with van der Waals surface area (Å²) in [4.78, 5) is 11.4. The number of carbonyl (C=O) groups is 1. The predicted molar refractivity (Wildman–Crippen MR) is 71.0 cm³/mol. The lowest BCUT2D eigenvalue weighted by atomic mass is 9.93. The van der Waals surface area contributed by atoms with Crippen LogP contribution < -0.4 is 11.1 Å². The lowest BCUT2D eigenvalue weighted by Crippen LogP contribution is -2.15. The fourth-order valence-corrected chi connectivity index (χ4v) is 2.30. The van der Waals surface area contributed by atoms with E-state index in [1.54, 1.807) is 24.3 Å². The van der Waals surface area contributed by atoms with Crippen molar-refractivity contribution in [1.29, 1.82) is 0 Å². The van der Waals surface area contributed by atoms with Gasteiger partial charge in [0.1, 0.15) is 0 Å². The number of hydrogen-bond acceptors (Lipinski definition) is 3. The molecule has 1 aliphatic rings. The maximum Gasteiger partial charge on any atom is 0.157 e. The van der Waals surface area contributed by atoms with Gasteiger partial charge in [-0.25, -0.2) is 0 Å². The molecule has 1 aromatic carbocycles. The van der Waals surface area contributed by atoms with E-state index in [2.05, 4.69) is 12.2 Å². The zero-order valence-electron chi connectivity index (χ0n) is 9.66. The van der Waals surface area contributed by atoms with Gasteiger partial charge in [0.15, 0.2) is 5.78 Å². The Balaban J connectivity index is 2.18. The predicted octanol–water partition coefficient (Wildman–Crippen LogP) is 3.22. The van der Waals surface area contributed by atoms with E-state index in [0.717, 1.165) is 17.8 Å². The van der Waals surface area contributed by atoms with Crippen molar-refractivity contribution in [1.82, 2.24) is 0 Å². The number of nitrogen functional groups attached to an aromatic ring is 1. The number of nitrogens with two attached hydrogens (primary N) is 1. The molecular formula is C13H15ClN2O. The third kappa shape index (κ3) is 3.24. The van der Waals surface area contributed by atoms with E-state index in [0.29, 0.717) is 23.0 Å². The van der Waals surface area contributed by atoms with Gasteiger partial charge in [-0.3, -0.25) is 4.79 Å². The number of rotatable bonds is 2. The van der Waals surface area contributed by atoms with Gasteiger partial charge < -0.3 is 11.1 Å². The molecule has 2 rings (SSSR count). The second-order valence-corrected chi connectivity index (χ2v) is 4.98. The Morgan fingerprint density at radius 3 is 2.76 bits per heavy atom. The number of benzene rings is 1. The molecular weight excluding hydrogens is 236 g/mol. The highest BCUT2D eigenvalue weighted by atomic mass is 35.5. The van der Waals surface area contributed by atoms with Gasteiger partial charge in [0.2, 0.25) is 0 Å². The minimum atomic E-state index is 0.168. The highest BCUT2D eigenvalue weighted by molar-refractivity contribution is 6.31. The van der Waals surface area contributed by atoms with Gasteiger partial charge in [-0.15, -0.1) is 0 Å². The number of ketones is 1. The van der Waals surface area contributed by atoms with Crippen molar-refractivity contribution in [3.63, 3.8) is 0 Å². The Bertz CT molecular complexity index is 462. The molecule has 0 radical (unpaired) electrons. The van der Waals surface area contributed by atoms with Crippen LogP contribution in [0.15, 0.2) is 30.0 Å². The van der Waals surface area contributed by atoms with Gasteiger partial charge in [0.05, 0.1) is 0 Å². The van der Waals surface area contributed by atoms with Crippen LogP contribution in [0.25, 0.3) is 0 Å². The minimum absolute atomic E-state index is 0.168. The summed E-state index contributed by atoms with van der Waals surface area (Å²) in [5.41, 5.74) is 8.06. The summed E-state index contributed by atoms with van der Waals surface area (Å²) in [6.07, 6.45) is 3.16. The molecule has 0 heterocycles. The molecule has 0 amide bonds. The molecule has 0 bridgehead atoms. The first kappa shape index (κ1) is 12.0. The Morgan fingerprint density at radius 2 is 2.12 bits per heavy atom. The topological polar surface area (TPSA) is 55.1 Å². The Morgan fingerprint density at radius 1 is 1.35 bits per heavy atom. The standard InChI is InChI=1S/C13H15ClN2O/c1-8-2-11(7-13(17)3-8)16-12-5-9(14)4-10(15)6-12/h4-8,16H,2-3,15H2,1H3/t8-/m0/s1. The smallest absolute Gasteiger partial charge is 0.157 e. The molecule has 0 aliphatic heterocycles. The van der Waals surface area contributed by atoms with Crippen LogP contribution in [0.3, 0.4) is 0 Å². The van der Waals surface area contributed by atoms with Crippen molar-refractivity contribution in [3.05, 3.63) is 35.0 Å². The third-order valence-corrected chi connectivity index (χ3v) is 2.90. The van der Waals surface area contributed by atoms with E-state index in [4.69, 9.17) is 17.3 Å². The maximum absolute atomic E-state index is 11.4. The summed E-state index contributed by atoms with van der Waals surface area (Å²) in [5, 5.41) is 3.79. The summed E-state index contributed by atoms with van der Waals surface area (Å²) >= 11 is 5.92. The Hall–Kier alpha value is -1.48. The lowest BCUT2D eigenvalue weighted by Gasteiger charge is -2.19. The SMILES string of the molecule is C[C@@H]1CC(=O)C=C(Nc2cc(N)cc(Cl)c2)C1. The van der Waals surface area contributed by atoms with Crippen LogP contribution >= 0.6 is 11.6 Å². The largest absolute Gasteiger partial charge is 0.399 e. The van der Waals surface area contributed by atoms with Crippen LogP contribution in [0.4, 0.5) is 11.4 Å². The monoisotopic (exact) mass is 250 g/mol. The highest BCUT2D eigenvalue weighted by Gasteiger charge is 2.16. The molecule has 0 saturated carbocycles. The maximum atomic E-state index is 11.4. The van der Waals surface area contributed by atoms with E-state index in [1.165, 1.54) is 0 Å². The van der Waals surface area contributed by atoms with E-state index in [-0.39, 0.29) is 5.78 Å². The molecule has 1 aliphatic carbocycles. The van der Waals surface area contributed by atoms with E-state index in [1.807, 2.05) is 0 Å². The molecule has 3 N–H and O–H groups in total. The number of allylic oxidation sites excluding steroid dienone is 2. The second kappa shape index (κ2) is 4.80. The molecule has 1 atom stereocenters. The number of hydrogen-bond donors (Lipinski definition) is 2. The molecule has 17 heavy (non-hydrogen) atoms. The molecule has 0 spiro atoms. The molecule has 4 heteroatoms. The molecule has 3 nitrogen and oxygen atoms in total. The fraction of sp³-hybridized carbons (Fsp3) is 0.308. The minimum Gasteiger partial charge on any atom is -0.399 e. The normalized spacial score (nSPS) is 20.0. The highest BCUT2D eigenvalue weighted by Crippen LogP contribution is 2.26. The molecule has 0 aromatic heterocycles. The van der Waals surface area contributed by atoms with Crippen molar-refractivity contribution < 1.29 is 4.79 Å². The Kier molecular flexibility index (Phi) is 3.38. The molecule has 0 saturated heterocycles. The van der Waals surface area contributed by atoms with Gasteiger partial charge in [0.25, 0.3) is 0 Å². The van der Waals surface area contributed by atoms with Crippen LogP contribution in [0, 0.1) is 5.92 Å².